The molecule has 1 aliphatic heterocycles. The van der Waals surface area contributed by atoms with Crippen molar-refractivity contribution in [1.82, 2.24) is 10.3 Å². The molecule has 1 aromatic carbocycles. The van der Waals surface area contributed by atoms with Crippen LogP contribution in [0.3, 0.4) is 0 Å². The van der Waals surface area contributed by atoms with Crippen molar-refractivity contribution in [2.45, 2.75) is 19.6 Å². The van der Waals surface area contributed by atoms with Gasteiger partial charge in [-0.3, -0.25) is 9.79 Å². The summed E-state index contributed by atoms with van der Waals surface area (Å²) in [4.78, 5) is 20.2. The van der Waals surface area contributed by atoms with Crippen molar-refractivity contribution in [2.75, 3.05) is 13.2 Å². The number of benzene rings is 1. The molecule has 136 valence electrons. The van der Waals surface area contributed by atoms with E-state index in [1.165, 1.54) is 6.07 Å². The molecule has 0 saturated carbocycles. The summed E-state index contributed by atoms with van der Waals surface area (Å²) < 4.78 is 39.6. The molecule has 3 rings (SSSR count). The monoisotopic (exact) mass is 363 g/mol. The molecular weight excluding hydrogens is 347 g/mol. The summed E-state index contributed by atoms with van der Waals surface area (Å²) in [6, 6.07) is 5.24. The van der Waals surface area contributed by atoms with Gasteiger partial charge in [0.25, 0.3) is 5.91 Å². The van der Waals surface area contributed by atoms with E-state index in [4.69, 9.17) is 5.11 Å². The van der Waals surface area contributed by atoms with E-state index in [0.29, 0.717) is 27.9 Å². The number of hydrogen-bond donors (Lipinski definition) is 2. The van der Waals surface area contributed by atoms with Gasteiger partial charge in [-0.2, -0.15) is 13.2 Å². The van der Waals surface area contributed by atoms with Crippen LogP contribution in [0.2, 0.25) is 0 Å². The lowest BCUT2D eigenvalue weighted by Gasteiger charge is -2.15. The van der Waals surface area contributed by atoms with Crippen molar-refractivity contribution in [3.05, 3.63) is 52.3 Å². The largest absolute Gasteiger partial charge is 0.416 e. The van der Waals surface area contributed by atoms with Crippen molar-refractivity contribution in [3.8, 4) is 11.1 Å². The number of pyridine rings is 1. The minimum absolute atomic E-state index is 0.0961. The van der Waals surface area contributed by atoms with Crippen LogP contribution in [-0.2, 0) is 12.7 Å². The van der Waals surface area contributed by atoms with Crippen LogP contribution in [0.15, 0.2) is 29.3 Å². The summed E-state index contributed by atoms with van der Waals surface area (Å²) in [7, 11) is 0. The molecule has 2 aromatic rings. The Hall–Kier alpha value is -2.74. The molecule has 8 heteroatoms. The molecule has 0 unspecified atom stereocenters. The van der Waals surface area contributed by atoms with Crippen LogP contribution in [0, 0.1) is 6.92 Å². The Labute approximate surface area is 147 Å². The van der Waals surface area contributed by atoms with Crippen molar-refractivity contribution in [3.63, 3.8) is 0 Å². The fourth-order valence-corrected chi connectivity index (χ4v) is 2.85. The maximum Gasteiger partial charge on any atom is 0.416 e. The van der Waals surface area contributed by atoms with Crippen LogP contribution < -0.4 is 5.32 Å². The van der Waals surface area contributed by atoms with Crippen LogP contribution in [-0.4, -0.2) is 35.4 Å². The first-order chi connectivity index (χ1) is 12.3. The van der Waals surface area contributed by atoms with E-state index in [2.05, 4.69) is 15.3 Å². The Kier molecular flexibility index (Phi) is 4.78. The van der Waals surface area contributed by atoms with Gasteiger partial charge in [0.15, 0.2) is 0 Å². The van der Waals surface area contributed by atoms with Crippen LogP contribution in [0.25, 0.3) is 11.1 Å². The standard InChI is InChI=1S/C18H16F3N3O2/c1-10-13(2-3-16(24-10)17(26)23-4-5-25)14-7-12(18(19,20)21)6-11-8-22-9-15(11)14/h2-3,6-7,9,25H,4-5,8H2,1H3,(H,23,26). The highest BCUT2D eigenvalue weighted by atomic mass is 19.4. The molecule has 2 N–H and O–H groups in total. The molecule has 1 amide bonds. The molecule has 0 aliphatic carbocycles. The number of aliphatic hydroxyl groups excluding tert-OH is 1. The van der Waals surface area contributed by atoms with Gasteiger partial charge < -0.3 is 10.4 Å². The third-order valence-corrected chi connectivity index (χ3v) is 4.08. The lowest BCUT2D eigenvalue weighted by molar-refractivity contribution is -0.137. The van der Waals surface area contributed by atoms with Crippen LogP contribution in [0.5, 0.6) is 0 Å². The molecule has 0 saturated heterocycles. The number of nitrogens with one attached hydrogen (secondary N) is 1. The number of carbonyl (C=O) groups is 1. The second kappa shape index (κ2) is 6.87. The Morgan fingerprint density at radius 1 is 1.27 bits per heavy atom. The molecule has 2 heterocycles. The first-order valence-electron chi connectivity index (χ1n) is 7.92. The quantitative estimate of drug-likeness (QED) is 0.877. The molecule has 1 aliphatic rings. The first kappa shape index (κ1) is 18.1. The third-order valence-electron chi connectivity index (χ3n) is 4.08. The maximum absolute atomic E-state index is 13.2. The molecular formula is C18H16F3N3O2. The zero-order chi connectivity index (χ0) is 18.9. The summed E-state index contributed by atoms with van der Waals surface area (Å²) >= 11 is 0. The zero-order valence-electron chi connectivity index (χ0n) is 13.9. The normalized spacial score (nSPS) is 13.0. The van der Waals surface area contributed by atoms with Crippen molar-refractivity contribution in [2.24, 2.45) is 4.99 Å². The van der Waals surface area contributed by atoms with E-state index in [9.17, 15) is 18.0 Å². The molecule has 0 spiro atoms. The highest BCUT2D eigenvalue weighted by Gasteiger charge is 2.33. The number of nitrogens with zero attached hydrogens (tertiary/aromatic N) is 2. The molecule has 1 aromatic heterocycles. The average Bonchev–Trinajstić information content (AvgIpc) is 3.06. The Morgan fingerprint density at radius 2 is 2.04 bits per heavy atom. The number of aromatic nitrogens is 1. The van der Waals surface area contributed by atoms with Gasteiger partial charge >= 0.3 is 6.18 Å². The summed E-state index contributed by atoms with van der Waals surface area (Å²) in [5.41, 5.74) is 1.89. The number of aryl methyl sites for hydroxylation is 1. The second-order valence-electron chi connectivity index (χ2n) is 5.87. The van der Waals surface area contributed by atoms with Crippen LogP contribution >= 0.6 is 0 Å². The van der Waals surface area contributed by atoms with Gasteiger partial charge in [0.05, 0.1) is 18.7 Å². The zero-order valence-corrected chi connectivity index (χ0v) is 13.9. The molecule has 0 bridgehead atoms. The van der Waals surface area contributed by atoms with E-state index in [-0.39, 0.29) is 25.4 Å². The lowest BCUT2D eigenvalue weighted by atomic mass is 9.93. The number of fused-ring (bicyclic) bond motifs is 1. The minimum Gasteiger partial charge on any atom is -0.395 e. The van der Waals surface area contributed by atoms with Gasteiger partial charge in [0, 0.05) is 29.6 Å². The SMILES string of the molecule is Cc1nc(C(=O)NCCO)ccc1-c1cc(C(F)(F)F)cc2c1C=NC2. The Bertz CT molecular complexity index is 892. The summed E-state index contributed by atoms with van der Waals surface area (Å²) in [5, 5.41) is 11.2. The van der Waals surface area contributed by atoms with Crippen LogP contribution in [0.4, 0.5) is 13.2 Å². The molecule has 5 nitrogen and oxygen atoms in total. The fraction of sp³-hybridized carbons (Fsp3) is 0.278. The number of carbonyl (C=O) groups excluding carboxylic acids is 1. The van der Waals surface area contributed by atoms with Gasteiger partial charge in [0.2, 0.25) is 0 Å². The number of halogens is 3. The highest BCUT2D eigenvalue weighted by Crippen LogP contribution is 2.37. The number of rotatable bonds is 4. The second-order valence-corrected chi connectivity index (χ2v) is 5.87. The van der Waals surface area contributed by atoms with Gasteiger partial charge in [0.1, 0.15) is 5.69 Å². The summed E-state index contributed by atoms with van der Waals surface area (Å²) in [5.74, 6) is -0.454. The van der Waals surface area contributed by atoms with E-state index in [0.717, 1.165) is 12.1 Å². The van der Waals surface area contributed by atoms with E-state index < -0.39 is 17.6 Å². The Morgan fingerprint density at radius 3 is 2.69 bits per heavy atom. The van der Waals surface area contributed by atoms with Gasteiger partial charge in [-0.05, 0) is 36.2 Å². The highest BCUT2D eigenvalue weighted by molar-refractivity contribution is 5.96. The van der Waals surface area contributed by atoms with Crippen molar-refractivity contribution >= 4 is 12.1 Å². The smallest absolute Gasteiger partial charge is 0.395 e. The number of alkyl halides is 3. The number of amides is 1. The van der Waals surface area contributed by atoms with Gasteiger partial charge in [-0.25, -0.2) is 4.98 Å². The topological polar surface area (TPSA) is 74.6 Å². The first-order valence-corrected chi connectivity index (χ1v) is 7.92. The average molecular weight is 363 g/mol. The van der Waals surface area contributed by atoms with Crippen molar-refractivity contribution in [1.29, 1.82) is 0 Å². The summed E-state index contributed by atoms with van der Waals surface area (Å²) in [6.07, 6.45) is -2.90. The fourth-order valence-electron chi connectivity index (χ4n) is 2.85. The predicted octanol–water partition coefficient (Wildman–Crippen LogP) is 2.73. The number of aliphatic imine (C=N–C) groups is 1. The summed E-state index contributed by atoms with van der Waals surface area (Å²) in [6.45, 7) is 1.74. The Balaban J connectivity index is 2.05. The van der Waals surface area contributed by atoms with E-state index >= 15 is 0 Å². The molecule has 0 atom stereocenters. The number of hydrogen-bond acceptors (Lipinski definition) is 4. The molecule has 0 radical (unpaired) electrons. The molecule has 26 heavy (non-hydrogen) atoms. The van der Waals surface area contributed by atoms with Gasteiger partial charge in [-0.1, -0.05) is 6.07 Å². The molecule has 0 fully saturated rings. The van der Waals surface area contributed by atoms with Gasteiger partial charge in [-0.15, -0.1) is 0 Å². The van der Waals surface area contributed by atoms with Crippen LogP contribution in [0.1, 0.15) is 32.9 Å². The maximum atomic E-state index is 13.2. The van der Waals surface area contributed by atoms with E-state index in [1.54, 1.807) is 19.2 Å². The predicted molar refractivity (Wildman–Crippen MR) is 90.1 cm³/mol. The van der Waals surface area contributed by atoms with E-state index in [1.807, 2.05) is 0 Å². The van der Waals surface area contributed by atoms with Crippen molar-refractivity contribution < 1.29 is 23.1 Å². The number of aliphatic hydroxyl groups is 1. The minimum atomic E-state index is -4.46. The lowest BCUT2D eigenvalue weighted by Crippen LogP contribution is -2.27. The third kappa shape index (κ3) is 3.45.